The van der Waals surface area contributed by atoms with Gasteiger partial charge in [0.15, 0.2) is 0 Å². The Labute approximate surface area is 246 Å². The Kier molecular flexibility index (Phi) is 8.08. The number of nitrogens with two attached hydrogens (primary N) is 1. The summed E-state index contributed by atoms with van der Waals surface area (Å²) in [5.41, 5.74) is 12.0. The van der Waals surface area contributed by atoms with Gasteiger partial charge in [-0.2, -0.15) is 4.98 Å². The molecule has 2 aromatic heterocycles. The number of amides is 1. The van der Waals surface area contributed by atoms with E-state index in [2.05, 4.69) is 78.5 Å². The number of pyridine rings is 1. The molecule has 2 aliphatic rings. The molecule has 1 saturated carbocycles. The predicted molar refractivity (Wildman–Crippen MR) is 165 cm³/mol. The van der Waals surface area contributed by atoms with Crippen LogP contribution >= 0.6 is 0 Å². The fourth-order valence-corrected chi connectivity index (χ4v) is 4.75. The number of nitrogens with zero attached hydrogens (tertiary/aromatic N) is 5. The van der Waals surface area contributed by atoms with Gasteiger partial charge in [0.25, 0.3) is 5.91 Å². The van der Waals surface area contributed by atoms with Crippen molar-refractivity contribution < 1.29 is 4.79 Å². The zero-order chi connectivity index (χ0) is 28.9. The number of nitrogens with one attached hydrogen (secondary N) is 2. The van der Waals surface area contributed by atoms with Crippen molar-refractivity contribution in [2.24, 2.45) is 0 Å². The quantitative estimate of drug-likeness (QED) is 0.293. The Morgan fingerprint density at radius 1 is 0.952 bits per heavy atom. The van der Waals surface area contributed by atoms with Gasteiger partial charge in [-0.1, -0.05) is 36.3 Å². The molecule has 9 nitrogen and oxygen atoms in total. The number of rotatable bonds is 7. The number of aromatic nitrogens is 3. The molecule has 2 aromatic carbocycles. The molecule has 0 spiro atoms. The number of piperazine rings is 1. The molecule has 1 aliphatic heterocycles. The summed E-state index contributed by atoms with van der Waals surface area (Å²) in [5, 5.41) is 6.16. The van der Waals surface area contributed by atoms with Crippen LogP contribution in [0.25, 0.3) is 11.1 Å². The second kappa shape index (κ2) is 12.4. The summed E-state index contributed by atoms with van der Waals surface area (Å²) >= 11 is 0. The number of carbonyl (C=O) groups excluding carboxylic acids is 1. The zero-order valence-electron chi connectivity index (χ0n) is 23.7. The summed E-state index contributed by atoms with van der Waals surface area (Å²) in [5.74, 6) is 6.84. The molecule has 0 bridgehead atoms. The van der Waals surface area contributed by atoms with Crippen LogP contribution in [0.5, 0.6) is 0 Å². The van der Waals surface area contributed by atoms with E-state index in [1.165, 1.54) is 5.56 Å². The Bertz CT molecular complexity index is 1610. The van der Waals surface area contributed by atoms with E-state index in [1.807, 2.05) is 24.3 Å². The number of carbonyl (C=O) groups is 1. The molecule has 1 aliphatic carbocycles. The highest BCUT2D eigenvalue weighted by molar-refractivity contribution is 5.92. The molecule has 2 fully saturated rings. The molecule has 1 amide bonds. The van der Waals surface area contributed by atoms with Crippen LogP contribution in [0.4, 0.5) is 17.5 Å². The molecule has 4 N–H and O–H groups in total. The van der Waals surface area contributed by atoms with Crippen molar-refractivity contribution in [2.45, 2.75) is 25.4 Å². The second-order valence-corrected chi connectivity index (χ2v) is 10.9. The van der Waals surface area contributed by atoms with Crippen LogP contribution < -0.4 is 16.4 Å². The largest absolute Gasteiger partial charge is 0.383 e. The summed E-state index contributed by atoms with van der Waals surface area (Å²) < 4.78 is 0. The Hall–Kier alpha value is -4.78. The zero-order valence-corrected chi connectivity index (χ0v) is 23.7. The molecule has 0 unspecified atom stereocenters. The Balaban J connectivity index is 1.06. The van der Waals surface area contributed by atoms with Gasteiger partial charge in [-0.05, 0) is 73.3 Å². The summed E-state index contributed by atoms with van der Waals surface area (Å²) in [7, 11) is 2.17. The first-order valence-corrected chi connectivity index (χ1v) is 14.3. The third-order valence-corrected chi connectivity index (χ3v) is 7.46. The maximum Gasteiger partial charge on any atom is 0.270 e. The van der Waals surface area contributed by atoms with E-state index in [4.69, 9.17) is 5.73 Å². The Morgan fingerprint density at radius 3 is 2.43 bits per heavy atom. The van der Waals surface area contributed by atoms with Gasteiger partial charge in [0, 0.05) is 61.8 Å². The summed E-state index contributed by atoms with van der Waals surface area (Å²) in [4.78, 5) is 30.5. The van der Waals surface area contributed by atoms with E-state index in [0.717, 1.165) is 67.9 Å². The molecule has 1 saturated heterocycles. The van der Waals surface area contributed by atoms with Gasteiger partial charge in [0.1, 0.15) is 17.2 Å². The molecule has 3 heterocycles. The summed E-state index contributed by atoms with van der Waals surface area (Å²) in [6, 6.07) is 21.7. The molecule has 4 aromatic rings. The molecule has 0 radical (unpaired) electrons. The molecule has 0 atom stereocenters. The van der Waals surface area contributed by atoms with E-state index in [9.17, 15) is 4.79 Å². The minimum atomic E-state index is -0.151. The van der Waals surface area contributed by atoms with Gasteiger partial charge in [-0.3, -0.25) is 9.69 Å². The van der Waals surface area contributed by atoms with Crippen molar-refractivity contribution in [1.29, 1.82) is 0 Å². The first-order valence-electron chi connectivity index (χ1n) is 14.3. The molecule has 6 rings (SSSR count). The van der Waals surface area contributed by atoms with Crippen LogP contribution in [-0.2, 0) is 6.54 Å². The fraction of sp³-hybridized carbons (Fsp3) is 0.273. The predicted octanol–water partition coefficient (Wildman–Crippen LogP) is 3.90. The van der Waals surface area contributed by atoms with E-state index < -0.39 is 0 Å². The number of hydrogen-bond donors (Lipinski definition) is 3. The molecule has 9 heteroatoms. The maximum atomic E-state index is 12.3. The lowest BCUT2D eigenvalue weighted by Crippen LogP contribution is -2.43. The maximum absolute atomic E-state index is 12.3. The molecule has 42 heavy (non-hydrogen) atoms. The SMILES string of the molecule is CN1CCN(Cc2ccc(-c3cnc(Nc4ccc(C#Cc5cccc(C(=O)NC6CC6)n5)cc4)nc3N)cc2)CC1. The second-order valence-electron chi connectivity index (χ2n) is 10.9. The minimum Gasteiger partial charge on any atom is -0.383 e. The van der Waals surface area contributed by atoms with Crippen LogP contribution in [0.2, 0.25) is 0 Å². The number of benzene rings is 2. The highest BCUT2D eigenvalue weighted by Crippen LogP contribution is 2.26. The van der Waals surface area contributed by atoms with Crippen molar-refractivity contribution in [3.05, 3.63) is 95.4 Å². The number of nitrogen functional groups attached to an aromatic ring is 1. The third-order valence-electron chi connectivity index (χ3n) is 7.46. The van der Waals surface area contributed by atoms with E-state index >= 15 is 0 Å². The van der Waals surface area contributed by atoms with Gasteiger partial charge < -0.3 is 21.3 Å². The highest BCUT2D eigenvalue weighted by Gasteiger charge is 2.24. The van der Waals surface area contributed by atoms with Crippen molar-refractivity contribution in [2.75, 3.05) is 44.3 Å². The van der Waals surface area contributed by atoms with Crippen molar-refractivity contribution >= 4 is 23.4 Å². The van der Waals surface area contributed by atoms with Crippen LogP contribution in [0.1, 0.15) is 40.2 Å². The topological polar surface area (TPSA) is 112 Å². The first-order chi connectivity index (χ1) is 20.5. The van der Waals surface area contributed by atoms with Crippen LogP contribution in [0.3, 0.4) is 0 Å². The smallest absolute Gasteiger partial charge is 0.270 e. The Morgan fingerprint density at radius 2 is 1.71 bits per heavy atom. The minimum absolute atomic E-state index is 0.151. The fourth-order valence-electron chi connectivity index (χ4n) is 4.75. The van der Waals surface area contributed by atoms with Crippen molar-refractivity contribution in [3.63, 3.8) is 0 Å². The van der Waals surface area contributed by atoms with Gasteiger partial charge in [0.2, 0.25) is 5.95 Å². The van der Waals surface area contributed by atoms with Gasteiger partial charge in [0.05, 0.1) is 0 Å². The lowest BCUT2D eigenvalue weighted by atomic mass is 10.1. The average Bonchev–Trinajstić information content (AvgIpc) is 3.83. The number of anilines is 3. The molecule has 212 valence electrons. The average molecular weight is 559 g/mol. The van der Waals surface area contributed by atoms with Gasteiger partial charge in [-0.25, -0.2) is 9.97 Å². The normalized spacial score (nSPS) is 15.5. The van der Waals surface area contributed by atoms with E-state index in [1.54, 1.807) is 24.4 Å². The summed E-state index contributed by atoms with van der Waals surface area (Å²) in [6.07, 6.45) is 3.83. The highest BCUT2D eigenvalue weighted by atomic mass is 16.2. The standard InChI is InChI=1S/C33H34N8O/c1-40-17-19-41(20-18-40)22-24-5-10-25(11-6-24)29-21-35-33(39-31(29)34)38-28-13-8-23(9-14-28)7-12-26-3-2-4-30(36-26)32(42)37-27-15-16-27/h2-6,8-11,13-14,21,27H,15-20,22H2,1H3,(H,37,42)(H3,34,35,38,39). The first kappa shape index (κ1) is 27.4. The lowest BCUT2D eigenvalue weighted by Gasteiger charge is -2.32. The van der Waals surface area contributed by atoms with Crippen LogP contribution in [0.15, 0.2) is 72.9 Å². The number of likely N-dealkylation sites (N-methyl/N-ethyl adjacent to an activating group) is 1. The van der Waals surface area contributed by atoms with Crippen molar-refractivity contribution in [1.82, 2.24) is 30.1 Å². The summed E-state index contributed by atoms with van der Waals surface area (Å²) in [6.45, 7) is 5.37. The number of hydrogen-bond acceptors (Lipinski definition) is 8. The third kappa shape index (κ3) is 7.10. The van der Waals surface area contributed by atoms with E-state index in [0.29, 0.717) is 23.2 Å². The van der Waals surface area contributed by atoms with Gasteiger partial charge in [-0.15, -0.1) is 0 Å². The molecular weight excluding hydrogens is 524 g/mol. The monoisotopic (exact) mass is 558 g/mol. The van der Waals surface area contributed by atoms with Crippen LogP contribution in [-0.4, -0.2) is 69.9 Å². The van der Waals surface area contributed by atoms with Crippen molar-refractivity contribution in [3.8, 4) is 23.0 Å². The van der Waals surface area contributed by atoms with Crippen LogP contribution in [0, 0.1) is 11.8 Å². The lowest BCUT2D eigenvalue weighted by molar-refractivity contribution is 0.0946. The molecular formula is C33H34N8O. The van der Waals surface area contributed by atoms with E-state index in [-0.39, 0.29) is 11.9 Å². The van der Waals surface area contributed by atoms with Gasteiger partial charge >= 0.3 is 0 Å².